The van der Waals surface area contributed by atoms with Crippen molar-refractivity contribution in [3.05, 3.63) is 59.7 Å². The number of hydrogen-bond acceptors (Lipinski definition) is 3. The third-order valence-electron chi connectivity index (χ3n) is 2.94. The van der Waals surface area contributed by atoms with Gasteiger partial charge in [0, 0.05) is 0 Å². The number of rotatable bonds is 5. The van der Waals surface area contributed by atoms with E-state index in [9.17, 15) is 4.79 Å². The molecular formula is C16H15N3O2S. The summed E-state index contributed by atoms with van der Waals surface area (Å²) in [6, 6.07) is 15.3. The molecule has 0 atom stereocenters. The lowest BCUT2D eigenvalue weighted by Gasteiger charge is -2.04. The average Bonchev–Trinajstić information content (AvgIpc) is 2.48. The van der Waals surface area contributed by atoms with Crippen molar-refractivity contribution < 1.29 is 9.90 Å². The predicted octanol–water partition coefficient (Wildman–Crippen LogP) is 2.15. The fraction of sp³-hybridized carbons (Fsp3) is 0.0625. The summed E-state index contributed by atoms with van der Waals surface area (Å²) in [6.45, 7) is 0. The maximum absolute atomic E-state index is 10.7. The van der Waals surface area contributed by atoms with Crippen LogP contribution < -0.4 is 11.2 Å². The van der Waals surface area contributed by atoms with Crippen LogP contribution in [0.1, 0.15) is 11.1 Å². The lowest BCUT2D eigenvalue weighted by molar-refractivity contribution is -0.136. The second kappa shape index (κ2) is 7.33. The minimum Gasteiger partial charge on any atom is -0.481 e. The maximum Gasteiger partial charge on any atom is 0.307 e. The Labute approximate surface area is 133 Å². The number of nitrogens with one attached hydrogen (secondary N) is 1. The summed E-state index contributed by atoms with van der Waals surface area (Å²) < 4.78 is 0. The van der Waals surface area contributed by atoms with Gasteiger partial charge in [-0.2, -0.15) is 5.10 Å². The number of hydrazone groups is 1. The Balaban J connectivity index is 2.08. The van der Waals surface area contributed by atoms with E-state index in [0.29, 0.717) is 0 Å². The minimum absolute atomic E-state index is 0.0334. The molecule has 0 heterocycles. The first kappa shape index (κ1) is 15.7. The minimum atomic E-state index is -0.832. The maximum atomic E-state index is 10.7. The lowest BCUT2D eigenvalue weighted by atomic mass is 10.0. The fourth-order valence-electron chi connectivity index (χ4n) is 1.92. The van der Waals surface area contributed by atoms with Crippen molar-refractivity contribution in [3.63, 3.8) is 0 Å². The highest BCUT2D eigenvalue weighted by Crippen LogP contribution is 2.20. The number of carboxylic acid groups (broad SMARTS) is 1. The van der Waals surface area contributed by atoms with Gasteiger partial charge in [-0.25, -0.2) is 0 Å². The van der Waals surface area contributed by atoms with Crippen LogP contribution in [0.3, 0.4) is 0 Å². The van der Waals surface area contributed by atoms with Gasteiger partial charge in [0.25, 0.3) is 0 Å². The zero-order chi connectivity index (χ0) is 15.9. The third kappa shape index (κ3) is 4.68. The van der Waals surface area contributed by atoms with Crippen molar-refractivity contribution in [1.29, 1.82) is 0 Å². The van der Waals surface area contributed by atoms with E-state index in [1.165, 1.54) is 0 Å². The summed E-state index contributed by atoms with van der Waals surface area (Å²) in [7, 11) is 0. The van der Waals surface area contributed by atoms with Gasteiger partial charge < -0.3 is 10.8 Å². The molecule has 0 saturated carbocycles. The zero-order valence-corrected chi connectivity index (χ0v) is 12.5. The molecule has 4 N–H and O–H groups in total. The molecule has 0 amide bonds. The van der Waals surface area contributed by atoms with Crippen LogP contribution in [0.2, 0.25) is 0 Å². The van der Waals surface area contributed by atoms with E-state index in [0.717, 1.165) is 22.3 Å². The molecule has 2 aromatic carbocycles. The van der Waals surface area contributed by atoms with Crippen LogP contribution in [0.15, 0.2) is 53.6 Å². The molecule has 22 heavy (non-hydrogen) atoms. The van der Waals surface area contributed by atoms with E-state index in [1.54, 1.807) is 6.21 Å². The Hall–Kier alpha value is -2.73. The number of carbonyl (C=O) groups is 1. The predicted molar refractivity (Wildman–Crippen MR) is 90.7 cm³/mol. The van der Waals surface area contributed by atoms with Crippen molar-refractivity contribution in [1.82, 2.24) is 5.43 Å². The molecule has 0 aliphatic rings. The van der Waals surface area contributed by atoms with Crippen LogP contribution in [0, 0.1) is 0 Å². The molecule has 0 radical (unpaired) electrons. The van der Waals surface area contributed by atoms with E-state index in [1.807, 2.05) is 48.5 Å². The van der Waals surface area contributed by atoms with Crippen LogP contribution in [0.5, 0.6) is 0 Å². The molecule has 0 spiro atoms. The number of nitrogens with two attached hydrogens (primary N) is 1. The Bertz CT molecular complexity index is 694. The Morgan fingerprint density at radius 1 is 1.14 bits per heavy atom. The second-order valence-corrected chi connectivity index (χ2v) is 5.06. The Morgan fingerprint density at radius 3 is 2.18 bits per heavy atom. The van der Waals surface area contributed by atoms with Gasteiger partial charge in [0.2, 0.25) is 0 Å². The van der Waals surface area contributed by atoms with Crippen LogP contribution >= 0.6 is 12.2 Å². The SMILES string of the molecule is NC(=S)NN=Cc1ccc(-c2ccc(CC(=O)O)cc2)cc1. The average molecular weight is 313 g/mol. The number of nitrogens with zero attached hydrogens (tertiary/aromatic N) is 1. The number of aliphatic carboxylic acids is 1. The largest absolute Gasteiger partial charge is 0.481 e. The quantitative estimate of drug-likeness (QED) is 0.447. The second-order valence-electron chi connectivity index (χ2n) is 4.62. The molecule has 0 fully saturated rings. The molecule has 5 nitrogen and oxygen atoms in total. The van der Waals surface area contributed by atoms with Crippen molar-refractivity contribution in [3.8, 4) is 11.1 Å². The van der Waals surface area contributed by atoms with Gasteiger partial charge >= 0.3 is 5.97 Å². The number of benzene rings is 2. The van der Waals surface area contributed by atoms with Crippen molar-refractivity contribution in [2.24, 2.45) is 10.8 Å². The normalized spacial score (nSPS) is 10.5. The molecule has 0 bridgehead atoms. The van der Waals surface area contributed by atoms with Crippen molar-refractivity contribution in [2.75, 3.05) is 0 Å². The van der Waals surface area contributed by atoms with Gasteiger partial charge in [0.15, 0.2) is 5.11 Å². The Kier molecular flexibility index (Phi) is 5.21. The molecular weight excluding hydrogens is 298 g/mol. The monoisotopic (exact) mass is 313 g/mol. The zero-order valence-electron chi connectivity index (χ0n) is 11.7. The van der Waals surface area contributed by atoms with Gasteiger partial charge in [0.05, 0.1) is 12.6 Å². The number of carboxylic acids is 1. The van der Waals surface area contributed by atoms with Gasteiger partial charge in [-0.1, -0.05) is 48.5 Å². The highest BCUT2D eigenvalue weighted by molar-refractivity contribution is 7.80. The first-order chi connectivity index (χ1) is 10.5. The molecule has 0 aromatic heterocycles. The molecule has 2 rings (SSSR count). The highest BCUT2D eigenvalue weighted by atomic mass is 32.1. The first-order valence-electron chi connectivity index (χ1n) is 6.54. The summed E-state index contributed by atoms with van der Waals surface area (Å²) >= 11 is 4.65. The smallest absolute Gasteiger partial charge is 0.307 e. The van der Waals surface area contributed by atoms with E-state index in [2.05, 4.69) is 22.7 Å². The number of hydrogen-bond donors (Lipinski definition) is 3. The molecule has 0 aliphatic heterocycles. The topological polar surface area (TPSA) is 87.7 Å². The Morgan fingerprint density at radius 2 is 1.68 bits per heavy atom. The molecule has 0 unspecified atom stereocenters. The molecule has 0 saturated heterocycles. The van der Waals surface area contributed by atoms with Crippen LogP contribution in [0.4, 0.5) is 0 Å². The summed E-state index contributed by atoms with van der Waals surface area (Å²) in [6.07, 6.45) is 1.66. The first-order valence-corrected chi connectivity index (χ1v) is 6.95. The van der Waals surface area contributed by atoms with Crippen molar-refractivity contribution in [2.45, 2.75) is 6.42 Å². The van der Waals surface area contributed by atoms with Gasteiger partial charge in [0.1, 0.15) is 0 Å². The van der Waals surface area contributed by atoms with E-state index in [4.69, 9.17) is 10.8 Å². The van der Waals surface area contributed by atoms with Crippen LogP contribution in [-0.4, -0.2) is 22.4 Å². The molecule has 112 valence electrons. The van der Waals surface area contributed by atoms with E-state index in [-0.39, 0.29) is 11.5 Å². The lowest BCUT2D eigenvalue weighted by Crippen LogP contribution is -2.23. The van der Waals surface area contributed by atoms with Crippen molar-refractivity contribution >= 4 is 29.5 Å². The summed E-state index contributed by atoms with van der Waals surface area (Å²) in [5, 5.41) is 12.8. The van der Waals surface area contributed by atoms with Gasteiger partial charge in [-0.05, 0) is 34.5 Å². The third-order valence-corrected chi connectivity index (χ3v) is 3.03. The summed E-state index contributed by atoms with van der Waals surface area (Å²) in [4.78, 5) is 10.7. The van der Waals surface area contributed by atoms with Gasteiger partial charge in [-0.3, -0.25) is 10.2 Å². The van der Waals surface area contributed by atoms with E-state index >= 15 is 0 Å². The van der Waals surface area contributed by atoms with Crippen LogP contribution in [0.25, 0.3) is 11.1 Å². The molecule has 2 aromatic rings. The summed E-state index contributed by atoms with van der Waals surface area (Å²) in [5.41, 5.74) is 11.5. The highest BCUT2D eigenvalue weighted by Gasteiger charge is 2.02. The van der Waals surface area contributed by atoms with Crippen LogP contribution in [-0.2, 0) is 11.2 Å². The number of thiocarbonyl (C=S) groups is 1. The standard InChI is InChI=1S/C16H15N3O2S/c17-16(22)19-18-10-12-3-7-14(8-4-12)13-5-1-11(2-6-13)9-15(20)21/h1-8,10H,9H2,(H,20,21)(H3,17,19,22). The molecule has 0 aliphatic carbocycles. The van der Waals surface area contributed by atoms with Gasteiger partial charge in [-0.15, -0.1) is 0 Å². The summed E-state index contributed by atoms with van der Waals surface area (Å²) in [5.74, 6) is -0.832. The van der Waals surface area contributed by atoms with E-state index < -0.39 is 5.97 Å². The fourth-order valence-corrected chi connectivity index (χ4v) is 1.97. The molecule has 6 heteroatoms.